The van der Waals surface area contributed by atoms with E-state index in [4.69, 9.17) is 10.5 Å². The van der Waals surface area contributed by atoms with Crippen molar-refractivity contribution in [1.29, 1.82) is 0 Å². The van der Waals surface area contributed by atoms with Crippen LogP contribution in [-0.2, 0) is 18.4 Å². The maximum absolute atomic E-state index is 5.87. The van der Waals surface area contributed by atoms with Crippen molar-refractivity contribution < 1.29 is 4.74 Å². The molecule has 2 heteroatoms. The second-order valence-corrected chi connectivity index (χ2v) is 6.75. The fraction of sp³-hybridized carbons (Fsp3) is 0.368. The van der Waals surface area contributed by atoms with Crippen LogP contribution >= 0.6 is 0 Å². The zero-order chi connectivity index (χ0) is 15.0. The Hall–Kier alpha value is -1.80. The molecule has 0 spiro atoms. The van der Waals surface area contributed by atoms with Crippen LogP contribution in [0.15, 0.2) is 36.4 Å². The van der Waals surface area contributed by atoms with Gasteiger partial charge in [-0.25, -0.2) is 0 Å². The molecule has 0 amide bonds. The smallest absolute Gasteiger partial charge is 0.127 e. The predicted molar refractivity (Wildman–Crippen MR) is 87.7 cm³/mol. The first-order valence-corrected chi connectivity index (χ1v) is 7.58. The largest absolute Gasteiger partial charge is 0.493 e. The van der Waals surface area contributed by atoms with E-state index in [0.717, 1.165) is 24.3 Å². The number of fused-ring (bicyclic) bond motifs is 1. The van der Waals surface area contributed by atoms with E-state index in [9.17, 15) is 0 Å². The van der Waals surface area contributed by atoms with E-state index in [-0.39, 0.29) is 5.41 Å². The van der Waals surface area contributed by atoms with Crippen molar-refractivity contribution >= 4 is 0 Å². The van der Waals surface area contributed by atoms with Crippen molar-refractivity contribution in [3.8, 4) is 16.9 Å². The Kier molecular flexibility index (Phi) is 3.50. The maximum atomic E-state index is 5.87. The molecule has 0 fully saturated rings. The van der Waals surface area contributed by atoms with Gasteiger partial charge in [-0.15, -0.1) is 0 Å². The lowest BCUT2D eigenvalue weighted by atomic mass is 9.86. The van der Waals surface area contributed by atoms with Crippen molar-refractivity contribution in [2.45, 2.75) is 39.2 Å². The molecule has 0 aliphatic carbocycles. The molecule has 1 aliphatic heterocycles. The first-order valence-electron chi connectivity index (χ1n) is 7.58. The number of hydrogen-bond donors (Lipinski definition) is 1. The number of rotatable bonds is 2. The number of ether oxygens (including phenoxy) is 1. The summed E-state index contributed by atoms with van der Waals surface area (Å²) >= 11 is 0. The second kappa shape index (κ2) is 5.19. The lowest BCUT2D eigenvalue weighted by Crippen LogP contribution is -2.10. The monoisotopic (exact) mass is 281 g/mol. The van der Waals surface area contributed by atoms with Crippen LogP contribution in [0.1, 0.15) is 37.5 Å². The van der Waals surface area contributed by atoms with Gasteiger partial charge in [0.2, 0.25) is 0 Å². The van der Waals surface area contributed by atoms with Gasteiger partial charge in [0.1, 0.15) is 5.75 Å². The molecule has 1 aliphatic rings. The molecule has 0 unspecified atom stereocenters. The number of benzene rings is 2. The van der Waals surface area contributed by atoms with Crippen molar-refractivity contribution in [3.63, 3.8) is 0 Å². The zero-order valence-corrected chi connectivity index (χ0v) is 13.1. The van der Waals surface area contributed by atoms with Crippen molar-refractivity contribution in [2.75, 3.05) is 6.61 Å². The molecule has 0 saturated heterocycles. The minimum absolute atomic E-state index is 0.187. The molecule has 2 aromatic rings. The van der Waals surface area contributed by atoms with E-state index in [1.807, 2.05) is 0 Å². The lowest BCUT2D eigenvalue weighted by molar-refractivity contribution is 0.353. The van der Waals surface area contributed by atoms with Crippen LogP contribution in [0.4, 0.5) is 0 Å². The Morgan fingerprint density at radius 1 is 1.05 bits per heavy atom. The third-order valence-corrected chi connectivity index (χ3v) is 4.16. The lowest BCUT2D eigenvalue weighted by Gasteiger charge is -2.19. The van der Waals surface area contributed by atoms with Crippen LogP contribution in [0, 0.1) is 0 Å². The summed E-state index contributed by atoms with van der Waals surface area (Å²) in [5.74, 6) is 1.01. The summed E-state index contributed by atoms with van der Waals surface area (Å²) in [6.45, 7) is 8.01. The average molecular weight is 281 g/mol. The average Bonchev–Trinajstić information content (AvgIpc) is 2.93. The Morgan fingerprint density at radius 3 is 2.38 bits per heavy atom. The molecule has 21 heavy (non-hydrogen) atoms. The first-order chi connectivity index (χ1) is 9.99. The van der Waals surface area contributed by atoms with Crippen LogP contribution in [0.2, 0.25) is 0 Å². The molecule has 0 aromatic heterocycles. The first kappa shape index (κ1) is 14.2. The van der Waals surface area contributed by atoms with Gasteiger partial charge in [-0.3, -0.25) is 0 Å². The third kappa shape index (κ3) is 2.68. The van der Waals surface area contributed by atoms with Gasteiger partial charge < -0.3 is 10.5 Å². The highest BCUT2D eigenvalue weighted by molar-refractivity contribution is 5.68. The highest BCUT2D eigenvalue weighted by Gasteiger charge is 2.18. The Morgan fingerprint density at radius 2 is 1.76 bits per heavy atom. The van der Waals surface area contributed by atoms with E-state index in [0.29, 0.717) is 6.54 Å². The highest BCUT2D eigenvalue weighted by atomic mass is 16.5. The molecule has 0 bridgehead atoms. The van der Waals surface area contributed by atoms with E-state index in [1.165, 1.54) is 22.3 Å². The van der Waals surface area contributed by atoms with Crippen LogP contribution < -0.4 is 10.5 Å². The SMILES string of the molecule is CC(C)(C)c1ccc(-c2cc(CN)c3c(c2)CCO3)cc1. The van der Waals surface area contributed by atoms with Gasteiger partial charge in [0.25, 0.3) is 0 Å². The summed E-state index contributed by atoms with van der Waals surface area (Å²) in [6, 6.07) is 13.3. The van der Waals surface area contributed by atoms with Crippen LogP contribution in [0.25, 0.3) is 11.1 Å². The maximum Gasteiger partial charge on any atom is 0.127 e. The molecule has 2 aromatic carbocycles. The van der Waals surface area contributed by atoms with Gasteiger partial charge in [0.05, 0.1) is 6.61 Å². The van der Waals surface area contributed by atoms with Crippen molar-refractivity contribution in [1.82, 2.24) is 0 Å². The number of nitrogens with two attached hydrogens (primary N) is 1. The summed E-state index contributed by atoms with van der Waals surface area (Å²) in [4.78, 5) is 0. The van der Waals surface area contributed by atoms with Crippen molar-refractivity contribution in [3.05, 3.63) is 53.1 Å². The summed E-state index contributed by atoms with van der Waals surface area (Å²) in [6.07, 6.45) is 0.982. The molecule has 0 atom stereocenters. The van der Waals surface area contributed by atoms with Crippen LogP contribution in [0.5, 0.6) is 5.75 Å². The van der Waals surface area contributed by atoms with Crippen LogP contribution in [0.3, 0.4) is 0 Å². The molecule has 0 saturated carbocycles. The standard InChI is InChI=1S/C19H23NO/c1-19(2,3)17-6-4-13(5-7-17)15-10-14-8-9-21-18(14)16(11-15)12-20/h4-7,10-11H,8-9,12,20H2,1-3H3. The van der Waals surface area contributed by atoms with Gasteiger partial charge >= 0.3 is 0 Å². The molecule has 1 heterocycles. The summed E-state index contributed by atoms with van der Waals surface area (Å²) in [7, 11) is 0. The minimum atomic E-state index is 0.187. The molecule has 3 rings (SSSR count). The third-order valence-electron chi connectivity index (χ3n) is 4.16. The van der Waals surface area contributed by atoms with Gasteiger partial charge in [0, 0.05) is 18.5 Å². The Labute approximate surface area is 126 Å². The van der Waals surface area contributed by atoms with Gasteiger partial charge in [-0.1, -0.05) is 45.0 Å². The van der Waals surface area contributed by atoms with E-state index in [1.54, 1.807) is 0 Å². The molecule has 2 N–H and O–H groups in total. The molecular formula is C19H23NO. The van der Waals surface area contributed by atoms with Gasteiger partial charge in [-0.05, 0) is 39.8 Å². The summed E-state index contributed by atoms with van der Waals surface area (Å²) in [5.41, 5.74) is 12.3. The zero-order valence-electron chi connectivity index (χ0n) is 13.1. The highest BCUT2D eigenvalue weighted by Crippen LogP contribution is 2.35. The Balaban J connectivity index is 2.01. The summed E-state index contributed by atoms with van der Waals surface area (Å²) < 4.78 is 5.70. The predicted octanol–water partition coefficient (Wildman–Crippen LogP) is 4.04. The fourth-order valence-electron chi connectivity index (χ4n) is 2.87. The van der Waals surface area contributed by atoms with Crippen molar-refractivity contribution in [2.24, 2.45) is 5.73 Å². The minimum Gasteiger partial charge on any atom is -0.493 e. The second-order valence-electron chi connectivity index (χ2n) is 6.75. The molecule has 0 radical (unpaired) electrons. The summed E-state index contributed by atoms with van der Waals surface area (Å²) in [5, 5.41) is 0. The number of hydrogen-bond acceptors (Lipinski definition) is 2. The van der Waals surface area contributed by atoms with E-state index in [2.05, 4.69) is 57.2 Å². The molecule has 110 valence electrons. The quantitative estimate of drug-likeness (QED) is 0.901. The van der Waals surface area contributed by atoms with E-state index >= 15 is 0 Å². The molecular weight excluding hydrogens is 258 g/mol. The fourth-order valence-corrected chi connectivity index (χ4v) is 2.87. The topological polar surface area (TPSA) is 35.2 Å². The molecule has 2 nitrogen and oxygen atoms in total. The van der Waals surface area contributed by atoms with E-state index < -0.39 is 0 Å². The van der Waals surface area contributed by atoms with Gasteiger partial charge in [-0.2, -0.15) is 0 Å². The van der Waals surface area contributed by atoms with Gasteiger partial charge in [0.15, 0.2) is 0 Å². The normalized spacial score (nSPS) is 13.9. The Bertz CT molecular complexity index is 651. The van der Waals surface area contributed by atoms with Crippen LogP contribution in [-0.4, -0.2) is 6.61 Å².